The van der Waals surface area contributed by atoms with E-state index in [-0.39, 0.29) is 48.8 Å². The van der Waals surface area contributed by atoms with Crippen LogP contribution in [-0.4, -0.2) is 34.5 Å². The van der Waals surface area contributed by atoms with Crippen molar-refractivity contribution in [3.8, 4) is 0 Å². The van der Waals surface area contributed by atoms with Crippen LogP contribution in [-0.2, 0) is 6.42 Å². The molecule has 0 unspecified atom stereocenters. The molecule has 1 aliphatic rings. The summed E-state index contributed by atoms with van der Waals surface area (Å²) in [5, 5.41) is -0.145. The monoisotopic (exact) mass is 394 g/mol. The van der Waals surface area contributed by atoms with E-state index in [0.29, 0.717) is 6.42 Å². The van der Waals surface area contributed by atoms with Crippen molar-refractivity contribution in [2.45, 2.75) is 44.6 Å². The lowest BCUT2D eigenvalue weighted by Crippen LogP contribution is -2.44. The number of piperidine rings is 1. The number of hydrogen-bond donors (Lipinski definition) is 0. The second-order valence-electron chi connectivity index (χ2n) is 6.89. The van der Waals surface area contributed by atoms with Crippen molar-refractivity contribution in [3.63, 3.8) is 0 Å². The molecular formula is C21H23ClF2N2O. The van der Waals surface area contributed by atoms with Crippen LogP contribution in [0.5, 0.6) is 0 Å². The Balaban J connectivity index is 1.61. The van der Waals surface area contributed by atoms with Gasteiger partial charge in [0.2, 0.25) is 0 Å². The van der Waals surface area contributed by atoms with E-state index in [0.717, 1.165) is 17.3 Å². The van der Waals surface area contributed by atoms with Gasteiger partial charge in [-0.3, -0.25) is 9.78 Å². The Bertz CT molecular complexity index is 885. The molecule has 6 heteroatoms. The molecule has 27 heavy (non-hydrogen) atoms. The van der Waals surface area contributed by atoms with Crippen LogP contribution >= 0.6 is 11.6 Å². The molecule has 1 aliphatic heterocycles. The van der Waals surface area contributed by atoms with E-state index < -0.39 is 17.9 Å². The Morgan fingerprint density at radius 1 is 1.33 bits per heavy atom. The molecule has 0 aliphatic carbocycles. The van der Waals surface area contributed by atoms with Gasteiger partial charge in [0, 0.05) is 33.3 Å². The molecule has 1 saturated heterocycles. The summed E-state index contributed by atoms with van der Waals surface area (Å²) in [4.78, 5) is 18.3. The maximum Gasteiger partial charge on any atom is 0.253 e. The summed E-state index contributed by atoms with van der Waals surface area (Å²) in [7, 11) is 0. The topological polar surface area (TPSA) is 33.2 Å². The van der Waals surface area contributed by atoms with E-state index >= 15 is 4.39 Å². The fraction of sp³-hybridized carbons (Fsp3) is 0.429. The van der Waals surface area contributed by atoms with Crippen LogP contribution in [0.15, 0.2) is 36.5 Å². The molecule has 2 heterocycles. The second kappa shape index (κ2) is 8.34. The van der Waals surface area contributed by atoms with Gasteiger partial charge in [-0.15, -0.1) is 0 Å². The third-order valence-corrected chi connectivity index (χ3v) is 5.09. The fourth-order valence-corrected chi connectivity index (χ4v) is 3.29. The van der Waals surface area contributed by atoms with Crippen LogP contribution in [0.25, 0.3) is 0 Å². The Hall–Kier alpha value is -2.01. The van der Waals surface area contributed by atoms with E-state index in [1.54, 1.807) is 6.20 Å². The predicted octanol–water partition coefficient (Wildman–Crippen LogP) is 5.15. The van der Waals surface area contributed by atoms with E-state index in [2.05, 4.69) is 4.98 Å². The van der Waals surface area contributed by atoms with Gasteiger partial charge in [-0.1, -0.05) is 17.7 Å². The van der Waals surface area contributed by atoms with Gasteiger partial charge in [-0.25, -0.2) is 8.78 Å². The molecule has 1 aromatic heterocycles. The lowest BCUT2D eigenvalue weighted by Gasteiger charge is -2.36. The molecule has 3 rings (SSSR count). The molecule has 0 bridgehead atoms. The molecular weight excluding hydrogens is 370 g/mol. The zero-order valence-electron chi connectivity index (χ0n) is 17.1. The number of halogens is 3. The number of rotatable bonds is 5. The van der Waals surface area contributed by atoms with Crippen LogP contribution in [0, 0.1) is 12.7 Å². The molecule has 3 nitrogen and oxygen atoms in total. The van der Waals surface area contributed by atoms with Crippen molar-refractivity contribution in [1.82, 2.24) is 9.88 Å². The number of aromatic nitrogens is 1. The number of aryl methyl sites for hydroxylation is 2. The first-order chi connectivity index (χ1) is 13.6. The predicted molar refractivity (Wildman–Crippen MR) is 102 cm³/mol. The van der Waals surface area contributed by atoms with Crippen LogP contribution in [0.3, 0.4) is 0 Å². The molecule has 0 radical (unpaired) electrons. The Labute approximate surface area is 166 Å². The number of nitrogens with zero attached hydrogens (tertiary/aromatic N) is 2. The van der Waals surface area contributed by atoms with Crippen molar-refractivity contribution >= 4 is 17.5 Å². The first-order valence-electron chi connectivity index (χ1n) is 9.96. The minimum Gasteiger partial charge on any atom is -0.338 e. The van der Waals surface area contributed by atoms with Crippen molar-refractivity contribution < 1.29 is 16.3 Å². The average Bonchev–Trinajstić information content (AvgIpc) is 2.69. The molecule has 1 fully saturated rings. The maximum atomic E-state index is 15.5. The number of carbonyl (C=O) groups excluding carboxylic acids is 1. The maximum absolute atomic E-state index is 15.5. The summed E-state index contributed by atoms with van der Waals surface area (Å²) in [6.07, 6.45) is -0.156. The summed E-state index contributed by atoms with van der Waals surface area (Å²) < 4.78 is 45.4. The molecule has 1 aromatic carbocycles. The van der Waals surface area contributed by atoms with E-state index in [9.17, 15) is 9.18 Å². The molecule has 0 atom stereocenters. The number of hydrogen-bond acceptors (Lipinski definition) is 2. The van der Waals surface area contributed by atoms with E-state index in [1.807, 2.05) is 19.1 Å². The number of likely N-dealkylation sites (tertiary alicyclic amines) is 1. The molecule has 0 N–H and O–H groups in total. The number of alkyl halides is 1. The summed E-state index contributed by atoms with van der Waals surface area (Å²) in [5.41, 5.74) is -0.0483. The third kappa shape index (κ3) is 5.04. The van der Waals surface area contributed by atoms with Gasteiger partial charge in [-0.05, 0) is 68.8 Å². The Morgan fingerprint density at radius 3 is 2.70 bits per heavy atom. The zero-order valence-corrected chi connectivity index (χ0v) is 15.9. The van der Waals surface area contributed by atoms with Crippen LogP contribution in [0.4, 0.5) is 8.78 Å². The highest BCUT2D eigenvalue weighted by molar-refractivity contribution is 6.31. The summed E-state index contributed by atoms with van der Waals surface area (Å²) in [5.74, 6) is -0.973. The second-order valence-corrected chi connectivity index (χ2v) is 7.30. The van der Waals surface area contributed by atoms with Gasteiger partial charge in [0.25, 0.3) is 5.91 Å². The largest absolute Gasteiger partial charge is 0.338 e. The quantitative estimate of drug-likeness (QED) is 0.702. The first kappa shape index (κ1) is 17.1. The van der Waals surface area contributed by atoms with Crippen LogP contribution < -0.4 is 0 Å². The fourth-order valence-electron chi connectivity index (χ4n) is 3.11. The van der Waals surface area contributed by atoms with Gasteiger partial charge >= 0.3 is 0 Å². The van der Waals surface area contributed by atoms with Gasteiger partial charge in [0.15, 0.2) is 0 Å². The van der Waals surface area contributed by atoms with Crippen molar-refractivity contribution in [3.05, 3.63) is 64.2 Å². The normalized spacial score (nSPS) is 18.0. The van der Waals surface area contributed by atoms with Gasteiger partial charge in [-0.2, -0.15) is 0 Å². The molecule has 1 amide bonds. The summed E-state index contributed by atoms with van der Waals surface area (Å²) in [6.45, 7) is 2.10. The lowest BCUT2D eigenvalue weighted by molar-refractivity contribution is 0.0389. The third-order valence-electron chi connectivity index (χ3n) is 4.81. The van der Waals surface area contributed by atoms with Crippen molar-refractivity contribution in [2.75, 3.05) is 13.1 Å². The van der Waals surface area contributed by atoms with Gasteiger partial charge in [0.1, 0.15) is 11.5 Å². The number of benzene rings is 1. The summed E-state index contributed by atoms with van der Waals surface area (Å²) >= 11 is 5.74. The average molecular weight is 395 g/mol. The van der Waals surface area contributed by atoms with Gasteiger partial charge < -0.3 is 4.90 Å². The Kier molecular flexibility index (Phi) is 5.29. The van der Waals surface area contributed by atoms with Gasteiger partial charge in [0.05, 0.1) is 5.02 Å². The number of amides is 1. The minimum absolute atomic E-state index is 0.0150. The van der Waals surface area contributed by atoms with E-state index in [4.69, 9.17) is 14.3 Å². The standard InChI is InChI=1S/C21H23ClF2N2O/c1-15-4-6-17(25-14-15)3-2-8-21(24)9-11-26(12-10-21)20(27)16-5-7-19(23)18(22)13-16/h4-7,13-14H,2-3,8-12H2,1H3/i8D2. The number of pyridine rings is 1. The highest BCUT2D eigenvalue weighted by atomic mass is 35.5. The van der Waals surface area contributed by atoms with Crippen LogP contribution in [0.1, 0.15) is 50.0 Å². The molecule has 0 saturated carbocycles. The van der Waals surface area contributed by atoms with Crippen LogP contribution in [0.2, 0.25) is 5.02 Å². The van der Waals surface area contributed by atoms with Crippen molar-refractivity contribution in [2.24, 2.45) is 0 Å². The smallest absolute Gasteiger partial charge is 0.253 e. The van der Waals surface area contributed by atoms with E-state index in [1.165, 1.54) is 17.0 Å². The molecule has 2 aromatic rings. The lowest BCUT2D eigenvalue weighted by atomic mass is 9.87. The first-order valence-corrected chi connectivity index (χ1v) is 9.34. The number of carbonyl (C=O) groups is 1. The highest BCUT2D eigenvalue weighted by Gasteiger charge is 2.35. The zero-order chi connectivity index (χ0) is 21.2. The highest BCUT2D eigenvalue weighted by Crippen LogP contribution is 2.32. The SMILES string of the molecule is [2H]C([2H])(CCc1ccc(C)cn1)C1(F)CCN(C(=O)c2ccc(F)c(Cl)c2)CC1. The molecule has 0 spiro atoms. The molecule has 144 valence electrons. The summed E-state index contributed by atoms with van der Waals surface area (Å²) in [6, 6.07) is 7.44. The minimum atomic E-state index is -2.03. The van der Waals surface area contributed by atoms with Crippen molar-refractivity contribution in [1.29, 1.82) is 0 Å². The Morgan fingerprint density at radius 2 is 2.07 bits per heavy atom.